The van der Waals surface area contributed by atoms with Gasteiger partial charge in [-0.1, -0.05) is 89.6 Å². The Hall–Kier alpha value is -4.66. The molecule has 1 aromatic heterocycles. The number of amides is 4. The van der Waals surface area contributed by atoms with E-state index in [1.54, 1.807) is 26.2 Å². The normalized spacial score (nSPS) is 23.4. The lowest BCUT2D eigenvalue weighted by molar-refractivity contribution is -0.148. The van der Waals surface area contributed by atoms with E-state index in [-0.39, 0.29) is 54.0 Å². The molecule has 0 unspecified atom stereocenters. The number of fused-ring (bicyclic) bond motifs is 2. The summed E-state index contributed by atoms with van der Waals surface area (Å²) in [6.45, 7) is 10.4. The summed E-state index contributed by atoms with van der Waals surface area (Å²) in [5.41, 5.74) is 1.77. The molecule has 6 rings (SSSR count). The van der Waals surface area contributed by atoms with Gasteiger partial charge in [0, 0.05) is 45.8 Å². The van der Waals surface area contributed by atoms with Crippen molar-refractivity contribution in [2.75, 3.05) is 34.9 Å². The summed E-state index contributed by atoms with van der Waals surface area (Å²) in [4.78, 5) is 62.5. The van der Waals surface area contributed by atoms with E-state index in [0.717, 1.165) is 43.2 Å². The predicted molar refractivity (Wildman–Crippen MR) is 236 cm³/mol. The molecule has 2 bridgehead atoms. The maximum atomic E-state index is 14.5. The van der Waals surface area contributed by atoms with Gasteiger partial charge in [0.1, 0.15) is 12.1 Å². The van der Waals surface area contributed by atoms with Gasteiger partial charge in [0.2, 0.25) is 35.4 Å². The monoisotopic (exact) mass is 856 g/mol. The number of rotatable bonds is 20. The largest absolute Gasteiger partial charge is 0.418 e. The highest BCUT2D eigenvalue weighted by Gasteiger charge is 2.49. The van der Waals surface area contributed by atoms with Gasteiger partial charge in [-0.05, 0) is 74.6 Å². The van der Waals surface area contributed by atoms with Crippen LogP contribution in [0.5, 0.6) is 0 Å². The average molecular weight is 856 g/mol. The molecule has 2 saturated heterocycles. The smallest absolute Gasteiger partial charge is 0.247 e. The number of methoxy groups -OCH3 is 2. The van der Waals surface area contributed by atoms with Gasteiger partial charge in [-0.15, -0.1) is 10.2 Å². The number of carbonyl (C=O) groups excluding carboxylic acids is 4. The lowest BCUT2D eigenvalue weighted by Gasteiger charge is -2.41. The number of likely N-dealkylation sites (N-methyl/N-ethyl adjacent to an activating group) is 2. The quantitative estimate of drug-likeness (QED) is 0.145. The molecule has 2 N–H and O–H groups in total. The molecule has 14 heteroatoms. The highest BCUT2D eigenvalue weighted by Crippen LogP contribution is 2.41. The fourth-order valence-electron chi connectivity index (χ4n) is 10.3. The molecule has 2 aromatic carbocycles. The van der Waals surface area contributed by atoms with Crippen molar-refractivity contribution < 1.29 is 33.1 Å². The highest BCUT2D eigenvalue weighted by atomic mass is 16.5. The van der Waals surface area contributed by atoms with E-state index in [1.165, 1.54) is 0 Å². The highest BCUT2D eigenvalue weighted by molar-refractivity contribution is 5.90. The first-order chi connectivity index (χ1) is 29.8. The van der Waals surface area contributed by atoms with Crippen molar-refractivity contribution in [3.63, 3.8) is 0 Å². The molecular weight excluding hydrogens is 787 g/mol. The summed E-state index contributed by atoms with van der Waals surface area (Å²) in [6.07, 6.45) is 4.57. The number of ether oxygens (including phenoxy) is 2. The van der Waals surface area contributed by atoms with Crippen LogP contribution in [0.25, 0.3) is 11.5 Å². The van der Waals surface area contributed by atoms with Crippen molar-refractivity contribution >= 4 is 23.6 Å². The Morgan fingerprint density at radius 2 is 1.61 bits per heavy atom. The maximum Gasteiger partial charge on any atom is 0.247 e. The number of carbonyl (C=O) groups is 4. The number of hydrogen-bond donors (Lipinski definition) is 2. The predicted octanol–water partition coefficient (Wildman–Crippen LogP) is 5.68. The molecule has 4 amide bonds. The van der Waals surface area contributed by atoms with Gasteiger partial charge >= 0.3 is 0 Å². The first-order valence-electron chi connectivity index (χ1n) is 22.6. The van der Waals surface area contributed by atoms with Gasteiger partial charge in [-0.3, -0.25) is 24.1 Å². The number of aromatic nitrogens is 2. The maximum absolute atomic E-state index is 14.5. The minimum absolute atomic E-state index is 0.0156. The SMILES string of the molecule is CC[C@H](C)[C@@H]([C@H](CC(=O)N1CCC[C@H]1[C@H](OC)[C@@H](C)C(=O)N[C@@H](Cc1ccccc1)c1nnc(-c2ccccc2)o1)OC)N(C)C(=O)[C@@H](NC(=O)[C@@H]1[C@H]2CC[C@H](C2)N1C)C(C)C. The Morgan fingerprint density at radius 1 is 0.919 bits per heavy atom. The average Bonchev–Trinajstić information content (AvgIpc) is 4.12. The molecule has 11 atom stereocenters. The van der Waals surface area contributed by atoms with Crippen LogP contribution in [-0.2, 0) is 35.1 Å². The minimum Gasteiger partial charge on any atom is -0.418 e. The van der Waals surface area contributed by atoms with E-state index in [9.17, 15) is 19.2 Å². The van der Waals surface area contributed by atoms with E-state index >= 15 is 0 Å². The Balaban J connectivity index is 1.14. The van der Waals surface area contributed by atoms with Crippen LogP contribution in [0, 0.1) is 23.7 Å². The summed E-state index contributed by atoms with van der Waals surface area (Å²) in [7, 11) is 6.95. The van der Waals surface area contributed by atoms with Gasteiger partial charge < -0.3 is 34.3 Å². The number of nitrogens with zero attached hydrogens (tertiary/aromatic N) is 5. The molecule has 3 heterocycles. The van der Waals surface area contributed by atoms with Gasteiger partial charge in [0.05, 0.1) is 42.7 Å². The van der Waals surface area contributed by atoms with E-state index in [1.807, 2.05) is 93.4 Å². The first kappa shape index (κ1) is 46.8. The number of hydrogen-bond acceptors (Lipinski definition) is 10. The molecule has 62 heavy (non-hydrogen) atoms. The van der Waals surface area contributed by atoms with E-state index in [0.29, 0.717) is 43.1 Å². The van der Waals surface area contributed by atoms with E-state index in [4.69, 9.17) is 13.9 Å². The van der Waals surface area contributed by atoms with Gasteiger partial charge in [0.15, 0.2) is 0 Å². The molecule has 14 nitrogen and oxygen atoms in total. The molecular formula is C48H69N7O7. The third-order valence-electron chi connectivity index (χ3n) is 14.0. The third-order valence-corrected chi connectivity index (χ3v) is 14.0. The zero-order chi connectivity index (χ0) is 44.7. The number of nitrogens with one attached hydrogen (secondary N) is 2. The van der Waals surface area contributed by atoms with Crippen molar-refractivity contribution in [1.29, 1.82) is 0 Å². The topological polar surface area (TPSA) is 159 Å². The summed E-state index contributed by atoms with van der Waals surface area (Å²) in [6, 6.07) is 17.4. The van der Waals surface area contributed by atoms with Crippen molar-refractivity contribution in [2.45, 2.75) is 134 Å². The summed E-state index contributed by atoms with van der Waals surface area (Å²) >= 11 is 0. The summed E-state index contributed by atoms with van der Waals surface area (Å²) in [5, 5.41) is 15.0. The molecule has 3 aliphatic rings. The number of benzene rings is 2. The van der Waals surface area contributed by atoms with Crippen LogP contribution in [0.2, 0.25) is 0 Å². The van der Waals surface area contributed by atoms with Gasteiger partial charge in [0.25, 0.3) is 0 Å². The molecule has 1 aliphatic carbocycles. The minimum atomic E-state index is -0.726. The Labute approximate surface area is 367 Å². The lowest BCUT2D eigenvalue weighted by Crippen LogP contribution is -2.60. The zero-order valence-electron chi connectivity index (χ0n) is 38.2. The van der Waals surface area contributed by atoms with Gasteiger partial charge in [-0.2, -0.15) is 0 Å². The fraction of sp³-hybridized carbons (Fsp3) is 0.625. The standard InChI is InChI=1S/C48H69N7O7/c1-10-30(4)41(54(7)48(59)40(29(2)3)50-45(58)42-34-23-24-35(27-34)53(42)6)38(60-8)28-39(56)55-25-17-22-37(55)43(61-9)31(5)44(57)49-36(26-32-18-13-11-14-19-32)47-52-51-46(62-47)33-20-15-12-16-21-33/h11-16,18-21,29-31,34-38,40-43H,10,17,22-28H2,1-9H3,(H,49,57)(H,50,58)/t30-,31+,34-,35+,36-,37-,38-,40-,41-,42-,43+/m0/s1. The molecule has 3 aromatic rings. The number of piperidine rings is 1. The lowest BCUT2D eigenvalue weighted by atomic mass is 9.89. The van der Waals surface area contributed by atoms with Crippen LogP contribution in [0.4, 0.5) is 0 Å². The summed E-state index contributed by atoms with van der Waals surface area (Å²) < 4.78 is 18.3. The third kappa shape index (κ3) is 10.4. The van der Waals surface area contributed by atoms with Gasteiger partial charge in [-0.25, -0.2) is 0 Å². The van der Waals surface area contributed by atoms with Crippen LogP contribution in [-0.4, -0.2) is 126 Å². The van der Waals surface area contributed by atoms with Crippen LogP contribution in [0.15, 0.2) is 65.1 Å². The van der Waals surface area contributed by atoms with Crippen LogP contribution in [0.1, 0.15) is 97.1 Å². The van der Waals surface area contributed by atoms with Crippen molar-refractivity contribution in [2.24, 2.45) is 23.7 Å². The molecule has 3 fully saturated rings. The van der Waals surface area contributed by atoms with E-state index < -0.39 is 36.3 Å². The zero-order valence-corrected chi connectivity index (χ0v) is 38.2. The Bertz CT molecular complexity index is 1940. The first-order valence-corrected chi connectivity index (χ1v) is 22.6. The van der Waals surface area contributed by atoms with Crippen LogP contribution < -0.4 is 10.6 Å². The second kappa shape index (κ2) is 21.1. The number of likely N-dealkylation sites (tertiary alicyclic amines) is 2. The molecule has 1 saturated carbocycles. The van der Waals surface area contributed by atoms with Crippen molar-refractivity contribution in [1.82, 2.24) is 35.5 Å². The van der Waals surface area contributed by atoms with Crippen LogP contribution in [0.3, 0.4) is 0 Å². The van der Waals surface area contributed by atoms with Crippen molar-refractivity contribution in [3.05, 3.63) is 72.1 Å². The van der Waals surface area contributed by atoms with Crippen molar-refractivity contribution in [3.8, 4) is 11.5 Å². The van der Waals surface area contributed by atoms with E-state index in [2.05, 4.69) is 39.6 Å². The molecule has 338 valence electrons. The summed E-state index contributed by atoms with van der Waals surface area (Å²) in [5.74, 6) is -0.521. The second-order valence-electron chi connectivity index (χ2n) is 18.2. The van der Waals surface area contributed by atoms with Crippen LogP contribution >= 0.6 is 0 Å². The molecule has 0 radical (unpaired) electrons. The fourth-order valence-corrected chi connectivity index (χ4v) is 10.3. The second-order valence-corrected chi connectivity index (χ2v) is 18.2. The Kier molecular flexibility index (Phi) is 16.0. The molecule has 0 spiro atoms. The Morgan fingerprint density at radius 3 is 2.23 bits per heavy atom. The molecule has 2 aliphatic heterocycles.